The molecule has 0 radical (unpaired) electrons. The maximum Gasteiger partial charge on any atom is 0.227 e. The number of nitrogens with zero attached hydrogens (tertiary/aromatic N) is 5. The van der Waals surface area contributed by atoms with Gasteiger partial charge in [-0.25, -0.2) is 9.97 Å². The Morgan fingerprint density at radius 3 is 2.52 bits per heavy atom. The Hall–Kier alpha value is -1.73. The minimum Gasteiger partial charge on any atom is -0.389 e. The molecule has 0 unspecified atom stereocenters. The van der Waals surface area contributed by atoms with E-state index in [2.05, 4.69) is 19.8 Å². The molecule has 3 heterocycles. The van der Waals surface area contributed by atoms with Crippen molar-refractivity contribution in [2.45, 2.75) is 32.3 Å². The summed E-state index contributed by atoms with van der Waals surface area (Å²) < 4.78 is 0. The molecule has 1 aromatic rings. The van der Waals surface area contributed by atoms with E-state index >= 15 is 0 Å². The van der Waals surface area contributed by atoms with E-state index in [1.807, 2.05) is 24.8 Å². The van der Waals surface area contributed by atoms with E-state index in [-0.39, 0.29) is 11.8 Å². The fraction of sp³-hybridized carbons (Fsp3) is 0.722. The van der Waals surface area contributed by atoms with Gasteiger partial charge in [-0.05, 0) is 32.8 Å². The Bertz CT molecular complexity index is 567. The van der Waals surface area contributed by atoms with E-state index in [0.717, 1.165) is 51.5 Å². The van der Waals surface area contributed by atoms with Gasteiger partial charge in [0.25, 0.3) is 0 Å². The molecule has 1 atom stereocenters. The number of carbonyl (C=O) groups excluding carboxylic acids is 1. The van der Waals surface area contributed by atoms with Crippen LogP contribution in [-0.2, 0) is 4.79 Å². The number of carbonyl (C=O) groups is 1. The molecule has 2 fully saturated rings. The molecule has 2 aliphatic heterocycles. The van der Waals surface area contributed by atoms with Crippen LogP contribution in [0.4, 0.5) is 5.95 Å². The Morgan fingerprint density at radius 1 is 1.20 bits per heavy atom. The predicted molar refractivity (Wildman–Crippen MR) is 96.3 cm³/mol. The fourth-order valence-electron chi connectivity index (χ4n) is 3.75. The third kappa shape index (κ3) is 4.89. The van der Waals surface area contributed by atoms with Gasteiger partial charge in [0.1, 0.15) is 0 Å². The van der Waals surface area contributed by atoms with Gasteiger partial charge in [0.05, 0.1) is 11.5 Å². The highest BCUT2D eigenvalue weighted by Gasteiger charge is 2.32. The topological polar surface area (TPSA) is 72.8 Å². The van der Waals surface area contributed by atoms with E-state index in [1.54, 1.807) is 12.4 Å². The molecule has 0 bridgehead atoms. The van der Waals surface area contributed by atoms with Crippen molar-refractivity contribution in [2.75, 3.05) is 50.7 Å². The first-order valence-corrected chi connectivity index (χ1v) is 9.18. The molecule has 0 aromatic carbocycles. The summed E-state index contributed by atoms with van der Waals surface area (Å²) in [6, 6.07) is 1.81. The quantitative estimate of drug-likeness (QED) is 0.860. The first-order chi connectivity index (χ1) is 11.9. The highest BCUT2D eigenvalue weighted by Crippen LogP contribution is 2.22. The molecule has 7 nitrogen and oxygen atoms in total. The molecule has 1 aromatic heterocycles. The van der Waals surface area contributed by atoms with Crippen molar-refractivity contribution in [3.8, 4) is 0 Å². The van der Waals surface area contributed by atoms with Crippen LogP contribution >= 0.6 is 0 Å². The number of hydrogen-bond acceptors (Lipinski definition) is 6. The van der Waals surface area contributed by atoms with Crippen molar-refractivity contribution < 1.29 is 9.90 Å². The average molecular weight is 347 g/mol. The van der Waals surface area contributed by atoms with E-state index < -0.39 is 5.60 Å². The molecule has 0 aliphatic carbocycles. The maximum absolute atomic E-state index is 12.9. The highest BCUT2D eigenvalue weighted by molar-refractivity contribution is 5.79. The van der Waals surface area contributed by atoms with Gasteiger partial charge in [-0.2, -0.15) is 0 Å². The van der Waals surface area contributed by atoms with Gasteiger partial charge < -0.3 is 14.9 Å². The summed E-state index contributed by atoms with van der Waals surface area (Å²) in [4.78, 5) is 27.9. The first kappa shape index (κ1) is 18.1. The molecular weight excluding hydrogens is 318 g/mol. The summed E-state index contributed by atoms with van der Waals surface area (Å²) in [6.45, 7) is 9.06. The lowest BCUT2D eigenvalue weighted by atomic mass is 9.96. The van der Waals surface area contributed by atoms with Crippen molar-refractivity contribution in [3.63, 3.8) is 0 Å². The van der Waals surface area contributed by atoms with Gasteiger partial charge >= 0.3 is 0 Å². The van der Waals surface area contributed by atoms with Crippen molar-refractivity contribution in [1.82, 2.24) is 19.8 Å². The van der Waals surface area contributed by atoms with E-state index in [4.69, 9.17) is 0 Å². The van der Waals surface area contributed by atoms with Crippen LogP contribution in [0.1, 0.15) is 26.7 Å². The predicted octanol–water partition coefficient (Wildman–Crippen LogP) is 0.608. The van der Waals surface area contributed by atoms with Gasteiger partial charge in [-0.15, -0.1) is 0 Å². The van der Waals surface area contributed by atoms with E-state index in [1.165, 1.54) is 0 Å². The number of rotatable bonds is 4. The van der Waals surface area contributed by atoms with Gasteiger partial charge in [0, 0.05) is 58.2 Å². The van der Waals surface area contributed by atoms with Crippen LogP contribution in [0.25, 0.3) is 0 Å². The van der Waals surface area contributed by atoms with Gasteiger partial charge in [0.15, 0.2) is 0 Å². The van der Waals surface area contributed by atoms with Crippen molar-refractivity contribution in [2.24, 2.45) is 5.92 Å². The van der Waals surface area contributed by atoms with Crippen LogP contribution in [-0.4, -0.2) is 82.2 Å². The van der Waals surface area contributed by atoms with Gasteiger partial charge in [-0.1, -0.05) is 0 Å². The summed E-state index contributed by atoms with van der Waals surface area (Å²) >= 11 is 0. The summed E-state index contributed by atoms with van der Waals surface area (Å²) in [7, 11) is 0. The maximum atomic E-state index is 12.9. The SMILES string of the molecule is CC(C)(O)CN1CCN(C(=O)[C@@H]2CCCN(c3ncccn3)C2)CC1. The zero-order chi connectivity index (χ0) is 17.9. The van der Waals surface area contributed by atoms with Crippen LogP contribution < -0.4 is 4.90 Å². The first-order valence-electron chi connectivity index (χ1n) is 9.18. The Balaban J connectivity index is 1.53. The van der Waals surface area contributed by atoms with E-state index in [9.17, 15) is 9.90 Å². The lowest BCUT2D eigenvalue weighted by molar-refractivity contribution is -0.137. The minimum absolute atomic E-state index is 0.0263. The molecule has 1 N–H and O–H groups in total. The number of aromatic nitrogens is 2. The Kier molecular flexibility index (Phi) is 5.54. The smallest absolute Gasteiger partial charge is 0.227 e. The number of aliphatic hydroxyl groups is 1. The number of piperidine rings is 1. The van der Waals surface area contributed by atoms with Crippen LogP contribution in [0.3, 0.4) is 0 Å². The molecule has 1 amide bonds. The molecule has 138 valence electrons. The molecule has 2 saturated heterocycles. The fourth-order valence-corrected chi connectivity index (χ4v) is 3.75. The lowest BCUT2D eigenvalue weighted by Crippen LogP contribution is -2.54. The number of amides is 1. The Morgan fingerprint density at radius 2 is 1.88 bits per heavy atom. The molecule has 0 saturated carbocycles. The zero-order valence-electron chi connectivity index (χ0n) is 15.3. The summed E-state index contributed by atoms with van der Waals surface area (Å²) in [5.74, 6) is 0.997. The Labute approximate surface area is 149 Å². The van der Waals surface area contributed by atoms with Crippen LogP contribution in [0, 0.1) is 5.92 Å². The van der Waals surface area contributed by atoms with Crippen molar-refractivity contribution >= 4 is 11.9 Å². The van der Waals surface area contributed by atoms with E-state index in [0.29, 0.717) is 13.1 Å². The summed E-state index contributed by atoms with van der Waals surface area (Å²) in [5, 5.41) is 9.95. The second-order valence-corrected chi connectivity index (χ2v) is 7.75. The molecule has 7 heteroatoms. The third-order valence-electron chi connectivity index (χ3n) is 4.90. The monoisotopic (exact) mass is 347 g/mol. The normalized spacial score (nSPS) is 22.9. The second kappa shape index (κ2) is 7.66. The molecule has 0 spiro atoms. The van der Waals surface area contributed by atoms with Gasteiger partial charge in [0.2, 0.25) is 11.9 Å². The van der Waals surface area contributed by atoms with Crippen LogP contribution in [0.2, 0.25) is 0 Å². The standard InChI is InChI=1S/C18H29N5O2/c1-18(2,25)14-21-9-11-22(12-10-21)16(24)15-5-3-8-23(13-15)17-19-6-4-7-20-17/h4,6-7,15,25H,3,5,8-14H2,1-2H3/t15-/m1/s1. The number of anilines is 1. The number of hydrogen-bond donors (Lipinski definition) is 1. The second-order valence-electron chi connectivity index (χ2n) is 7.75. The molecule has 2 aliphatic rings. The van der Waals surface area contributed by atoms with Crippen LogP contribution in [0.5, 0.6) is 0 Å². The minimum atomic E-state index is -0.689. The lowest BCUT2D eigenvalue weighted by Gasteiger charge is -2.40. The number of piperazine rings is 1. The summed E-state index contributed by atoms with van der Waals surface area (Å²) in [6.07, 6.45) is 5.42. The van der Waals surface area contributed by atoms with Crippen LogP contribution in [0.15, 0.2) is 18.5 Å². The molecule has 3 rings (SSSR count). The zero-order valence-corrected chi connectivity index (χ0v) is 15.3. The molecule has 25 heavy (non-hydrogen) atoms. The average Bonchev–Trinajstić information content (AvgIpc) is 2.61. The largest absolute Gasteiger partial charge is 0.389 e. The number of β-amino-alcohol motifs (C(OH)–C–C–N with tert-alkyl or cyclic N) is 1. The van der Waals surface area contributed by atoms with Gasteiger partial charge in [-0.3, -0.25) is 9.69 Å². The molecular formula is C18H29N5O2. The van der Waals surface area contributed by atoms with Crippen molar-refractivity contribution in [3.05, 3.63) is 18.5 Å². The summed E-state index contributed by atoms with van der Waals surface area (Å²) in [5.41, 5.74) is -0.689. The highest BCUT2D eigenvalue weighted by atomic mass is 16.3. The van der Waals surface area contributed by atoms with Crippen molar-refractivity contribution in [1.29, 1.82) is 0 Å². The third-order valence-corrected chi connectivity index (χ3v) is 4.90.